The highest BCUT2D eigenvalue weighted by Gasteiger charge is 2.19. The van der Waals surface area contributed by atoms with Gasteiger partial charge in [0.15, 0.2) is 0 Å². The van der Waals surface area contributed by atoms with Crippen LogP contribution in [0.4, 0.5) is 11.4 Å². The van der Waals surface area contributed by atoms with Gasteiger partial charge in [-0.15, -0.1) is 0 Å². The van der Waals surface area contributed by atoms with E-state index in [1.807, 2.05) is 91.3 Å². The van der Waals surface area contributed by atoms with Crippen molar-refractivity contribution in [1.29, 1.82) is 0 Å². The van der Waals surface area contributed by atoms with Crippen LogP contribution < -0.4 is 21.1 Å². The normalized spacial score (nSPS) is 14.1. The SMILES string of the molecule is [C-]#[N+]/C(=C1C=C(/C=C/c2cc3ccc(N(C)C)cc3oc2=O)OC(/C=C/c2cc3ccc(N(CC)CC)cc3oc2=O)=C/1)c1nc2ccccc2n1C. The average Bonchev–Trinajstić information content (AvgIpc) is 3.49. The number of anilines is 2. The third-order valence-corrected chi connectivity index (χ3v) is 9.21. The van der Waals surface area contributed by atoms with Gasteiger partial charge < -0.3 is 27.9 Å². The first-order valence-electron chi connectivity index (χ1n) is 17.2. The second kappa shape index (κ2) is 14.4. The second-order valence-corrected chi connectivity index (χ2v) is 12.8. The molecule has 0 saturated heterocycles. The van der Waals surface area contributed by atoms with Gasteiger partial charge in [-0.3, -0.25) is 0 Å². The number of aryl methyl sites for hydroxylation is 1. The van der Waals surface area contributed by atoms with Crippen molar-refractivity contribution < 1.29 is 13.6 Å². The van der Waals surface area contributed by atoms with Crippen molar-refractivity contribution in [3.63, 3.8) is 0 Å². The van der Waals surface area contributed by atoms with Crippen LogP contribution in [-0.2, 0) is 11.8 Å². The minimum atomic E-state index is -0.499. The molecule has 0 atom stereocenters. The summed E-state index contributed by atoms with van der Waals surface area (Å²) in [6.07, 6.45) is 10.0. The third kappa shape index (κ3) is 6.93. The molecule has 10 heteroatoms. The number of rotatable bonds is 9. The average molecular weight is 704 g/mol. The van der Waals surface area contributed by atoms with E-state index in [0.29, 0.717) is 50.9 Å². The molecule has 3 aromatic heterocycles. The van der Waals surface area contributed by atoms with Crippen LogP contribution in [0.25, 0.3) is 55.7 Å². The van der Waals surface area contributed by atoms with Crippen LogP contribution in [0.1, 0.15) is 30.8 Å². The summed E-state index contributed by atoms with van der Waals surface area (Å²) >= 11 is 0. The summed E-state index contributed by atoms with van der Waals surface area (Å²) in [6, 6.07) is 22.7. The van der Waals surface area contributed by atoms with Crippen LogP contribution in [0.3, 0.4) is 0 Å². The van der Waals surface area contributed by atoms with Gasteiger partial charge in [-0.25, -0.2) is 19.4 Å². The summed E-state index contributed by atoms with van der Waals surface area (Å²) in [5.74, 6) is 1.21. The van der Waals surface area contributed by atoms with E-state index in [2.05, 4.69) is 23.6 Å². The molecule has 264 valence electrons. The summed E-state index contributed by atoms with van der Waals surface area (Å²) in [7, 11) is 5.71. The minimum absolute atomic E-state index is 0.306. The zero-order valence-electron chi connectivity index (χ0n) is 30.1. The fourth-order valence-electron chi connectivity index (χ4n) is 6.32. The molecule has 3 aromatic carbocycles. The largest absolute Gasteiger partial charge is 0.457 e. The van der Waals surface area contributed by atoms with Gasteiger partial charge >= 0.3 is 11.3 Å². The first-order chi connectivity index (χ1) is 25.6. The Kier molecular flexibility index (Phi) is 9.40. The van der Waals surface area contributed by atoms with E-state index in [4.69, 9.17) is 25.1 Å². The van der Waals surface area contributed by atoms with Gasteiger partial charge in [-0.1, -0.05) is 12.1 Å². The molecule has 4 heterocycles. The van der Waals surface area contributed by atoms with Crippen LogP contribution in [0.5, 0.6) is 0 Å². The van der Waals surface area contributed by atoms with Gasteiger partial charge in [0.1, 0.15) is 28.5 Å². The van der Waals surface area contributed by atoms with Crippen molar-refractivity contribution in [2.75, 3.05) is 37.0 Å². The lowest BCUT2D eigenvalue weighted by atomic mass is 10.1. The molecule has 7 rings (SSSR count). The molecule has 0 spiro atoms. The van der Waals surface area contributed by atoms with Gasteiger partial charge in [-0.2, -0.15) is 0 Å². The number of ether oxygens (including phenoxy) is 1. The van der Waals surface area contributed by atoms with Gasteiger partial charge in [-0.05, 0) is 104 Å². The summed E-state index contributed by atoms with van der Waals surface area (Å²) in [6.45, 7) is 14.0. The van der Waals surface area contributed by atoms with Gasteiger partial charge in [0, 0.05) is 68.5 Å². The maximum absolute atomic E-state index is 13.1. The van der Waals surface area contributed by atoms with E-state index in [1.54, 1.807) is 48.6 Å². The van der Waals surface area contributed by atoms with Gasteiger partial charge in [0.2, 0.25) is 5.70 Å². The molecule has 0 saturated carbocycles. The Morgan fingerprint density at radius 3 is 1.91 bits per heavy atom. The lowest BCUT2D eigenvalue weighted by molar-refractivity contribution is 0.332. The summed E-state index contributed by atoms with van der Waals surface area (Å²) in [5.41, 5.74) is 5.06. The lowest BCUT2D eigenvalue weighted by Crippen LogP contribution is -2.21. The number of benzene rings is 3. The molecule has 1 aliphatic rings. The summed E-state index contributed by atoms with van der Waals surface area (Å²) in [4.78, 5) is 39.0. The van der Waals surface area contributed by atoms with Crippen molar-refractivity contribution in [1.82, 2.24) is 9.55 Å². The first-order valence-corrected chi connectivity index (χ1v) is 17.2. The molecular formula is C43H37N5O5. The molecule has 0 amide bonds. The molecule has 6 aromatic rings. The highest BCUT2D eigenvalue weighted by atomic mass is 16.5. The highest BCUT2D eigenvalue weighted by molar-refractivity contribution is 5.85. The van der Waals surface area contributed by atoms with Crippen LogP contribution in [0, 0.1) is 6.57 Å². The summed E-state index contributed by atoms with van der Waals surface area (Å²) in [5, 5.41) is 1.56. The summed E-state index contributed by atoms with van der Waals surface area (Å²) < 4.78 is 19.5. The number of hydrogen-bond donors (Lipinski definition) is 0. The van der Waals surface area contributed by atoms with Crippen molar-refractivity contribution in [2.24, 2.45) is 7.05 Å². The number of nitrogens with zero attached hydrogens (tertiary/aromatic N) is 5. The molecule has 0 fully saturated rings. The first kappa shape index (κ1) is 34.6. The molecule has 53 heavy (non-hydrogen) atoms. The molecule has 0 unspecified atom stereocenters. The lowest BCUT2D eigenvalue weighted by Gasteiger charge is -2.20. The predicted molar refractivity (Wildman–Crippen MR) is 212 cm³/mol. The molecule has 10 nitrogen and oxygen atoms in total. The van der Waals surface area contributed by atoms with E-state index in [0.717, 1.165) is 46.3 Å². The third-order valence-electron chi connectivity index (χ3n) is 9.21. The van der Waals surface area contributed by atoms with E-state index in [9.17, 15) is 9.59 Å². The van der Waals surface area contributed by atoms with Crippen molar-refractivity contribution in [2.45, 2.75) is 13.8 Å². The number of para-hydroxylation sites is 2. The monoisotopic (exact) mass is 703 g/mol. The minimum Gasteiger partial charge on any atom is -0.457 e. The Balaban J connectivity index is 1.28. The van der Waals surface area contributed by atoms with Crippen molar-refractivity contribution in [3.05, 3.63) is 163 Å². The maximum Gasteiger partial charge on any atom is 0.343 e. The number of hydrogen-bond acceptors (Lipinski definition) is 8. The number of allylic oxidation sites excluding steroid dienone is 5. The van der Waals surface area contributed by atoms with Gasteiger partial charge in [0.05, 0.1) is 28.7 Å². The standard InChI is InChI=1S/C43H37N5O5/c1-7-48(8-2)33-18-14-28-22-30(43(50)53-39(28)26-33)16-20-35-24-31(40(44-3)41-45-36-11-9-10-12-37(36)47(41)6)23-34(51-35)19-15-29-21-27-13-17-32(46(4)5)25-38(27)52-42(29)49/h9-26H,7-8H2,1-2,4-6H3/b19-15+,20-16+,40-31-. The quantitative estimate of drug-likeness (QED) is 0.109. The van der Waals surface area contributed by atoms with E-state index in [-0.39, 0.29) is 0 Å². The Morgan fingerprint density at radius 1 is 0.792 bits per heavy atom. The Hall–Kier alpha value is -6.86. The zero-order chi connectivity index (χ0) is 37.2. The maximum atomic E-state index is 13.1. The van der Waals surface area contributed by atoms with E-state index >= 15 is 0 Å². The number of fused-ring (bicyclic) bond motifs is 3. The molecule has 0 N–H and O–H groups in total. The Labute approximate surface area is 306 Å². The molecule has 0 aliphatic carbocycles. The highest BCUT2D eigenvalue weighted by Crippen LogP contribution is 2.31. The number of aromatic nitrogens is 2. The van der Waals surface area contributed by atoms with E-state index < -0.39 is 11.3 Å². The topological polar surface area (TPSA) is 98.3 Å². The zero-order valence-corrected chi connectivity index (χ0v) is 30.1. The van der Waals surface area contributed by atoms with Crippen molar-refractivity contribution >= 4 is 62.2 Å². The van der Waals surface area contributed by atoms with Crippen LogP contribution in [0.15, 0.2) is 133 Å². The molecule has 1 aliphatic heterocycles. The molecule has 0 radical (unpaired) electrons. The van der Waals surface area contributed by atoms with Crippen LogP contribution >= 0.6 is 0 Å². The number of imidazole rings is 1. The van der Waals surface area contributed by atoms with E-state index in [1.165, 1.54) is 0 Å². The van der Waals surface area contributed by atoms with Crippen LogP contribution in [0.2, 0.25) is 0 Å². The Morgan fingerprint density at radius 2 is 1.36 bits per heavy atom. The molecular weight excluding hydrogens is 667 g/mol. The van der Waals surface area contributed by atoms with Gasteiger partial charge in [0.25, 0.3) is 0 Å². The fourth-order valence-corrected chi connectivity index (χ4v) is 6.32. The van der Waals surface area contributed by atoms with Crippen molar-refractivity contribution in [3.8, 4) is 0 Å². The Bertz CT molecular complexity index is 2730. The fraction of sp³-hybridized carbons (Fsp3) is 0.163. The van der Waals surface area contributed by atoms with Crippen LogP contribution in [-0.4, -0.2) is 36.7 Å². The predicted octanol–water partition coefficient (Wildman–Crippen LogP) is 8.55. The second-order valence-electron chi connectivity index (χ2n) is 12.8. The molecule has 0 bridgehead atoms. The smallest absolute Gasteiger partial charge is 0.343 e.